The second-order valence-corrected chi connectivity index (χ2v) is 7.44. The minimum atomic E-state index is -3.74. The van der Waals surface area contributed by atoms with Crippen molar-refractivity contribution >= 4 is 43.2 Å². The quantitative estimate of drug-likeness (QED) is 0.836. The maximum atomic E-state index is 12.3. The van der Waals surface area contributed by atoms with Crippen LogP contribution in [0.4, 0.5) is 5.69 Å². The lowest BCUT2D eigenvalue weighted by atomic mass is 10.2. The van der Waals surface area contributed by atoms with Crippen LogP contribution in [-0.4, -0.2) is 13.5 Å². The van der Waals surface area contributed by atoms with Gasteiger partial charge in [0.25, 0.3) is 10.0 Å². The van der Waals surface area contributed by atoms with Crippen LogP contribution in [0, 0.1) is 6.92 Å². The van der Waals surface area contributed by atoms with Crippen LogP contribution in [0.25, 0.3) is 0 Å². The van der Waals surface area contributed by atoms with Gasteiger partial charge in [-0.1, -0.05) is 23.7 Å². The van der Waals surface area contributed by atoms with E-state index in [1.165, 1.54) is 18.2 Å². The van der Waals surface area contributed by atoms with Crippen LogP contribution in [-0.2, 0) is 16.6 Å². The summed E-state index contributed by atoms with van der Waals surface area (Å²) in [7, 11) is -3.74. The number of halogens is 2. The lowest BCUT2D eigenvalue weighted by Crippen LogP contribution is -2.13. The summed E-state index contributed by atoms with van der Waals surface area (Å²) in [5, 5.41) is 9.27. The van der Waals surface area contributed by atoms with Crippen LogP contribution >= 0.6 is 27.5 Å². The van der Waals surface area contributed by atoms with Crippen molar-refractivity contribution in [2.24, 2.45) is 0 Å². The van der Waals surface area contributed by atoms with Crippen molar-refractivity contribution in [3.63, 3.8) is 0 Å². The number of aliphatic hydroxyl groups is 1. The number of benzene rings is 2. The van der Waals surface area contributed by atoms with Gasteiger partial charge in [0, 0.05) is 9.50 Å². The molecule has 0 amide bonds. The molecule has 0 saturated carbocycles. The molecule has 2 N–H and O–H groups in total. The van der Waals surface area contributed by atoms with Gasteiger partial charge in [-0.2, -0.15) is 0 Å². The molecule has 2 rings (SSSR count). The molecule has 0 radical (unpaired) electrons. The Labute approximate surface area is 136 Å². The van der Waals surface area contributed by atoms with Crippen LogP contribution in [0.15, 0.2) is 45.8 Å². The van der Waals surface area contributed by atoms with E-state index in [2.05, 4.69) is 20.7 Å². The Kier molecular flexibility index (Phi) is 4.93. The fourth-order valence-electron chi connectivity index (χ4n) is 1.73. The van der Waals surface area contributed by atoms with Gasteiger partial charge in [0.1, 0.15) is 0 Å². The average Bonchev–Trinajstić information content (AvgIpc) is 2.42. The highest BCUT2D eigenvalue weighted by molar-refractivity contribution is 9.10. The molecule has 0 unspecified atom stereocenters. The number of hydrogen-bond donors (Lipinski definition) is 2. The normalized spacial score (nSPS) is 11.4. The van der Waals surface area contributed by atoms with Gasteiger partial charge in [0.15, 0.2) is 0 Å². The van der Waals surface area contributed by atoms with Crippen molar-refractivity contribution in [1.82, 2.24) is 0 Å². The zero-order valence-electron chi connectivity index (χ0n) is 11.1. The van der Waals surface area contributed by atoms with Gasteiger partial charge in [0.05, 0.1) is 17.2 Å². The second kappa shape index (κ2) is 6.36. The standard InChI is InChI=1S/C14H13BrClNO3S/c1-9-2-5-14(12(15)6-9)17-21(19,20)11-4-3-10(8-18)13(16)7-11/h2-7,17-18H,8H2,1H3. The van der Waals surface area contributed by atoms with E-state index in [0.717, 1.165) is 5.56 Å². The Morgan fingerprint density at radius 1 is 1.24 bits per heavy atom. The smallest absolute Gasteiger partial charge is 0.261 e. The molecule has 112 valence electrons. The molecular weight excluding hydrogens is 378 g/mol. The number of aliphatic hydroxyl groups excluding tert-OH is 1. The summed E-state index contributed by atoms with van der Waals surface area (Å²) in [4.78, 5) is 0.0391. The predicted molar refractivity (Wildman–Crippen MR) is 87.1 cm³/mol. The molecule has 21 heavy (non-hydrogen) atoms. The Balaban J connectivity index is 2.36. The third-order valence-corrected chi connectivity index (χ3v) is 5.25. The highest BCUT2D eigenvalue weighted by atomic mass is 79.9. The van der Waals surface area contributed by atoms with Crippen molar-refractivity contribution < 1.29 is 13.5 Å². The lowest BCUT2D eigenvalue weighted by Gasteiger charge is -2.11. The molecule has 4 nitrogen and oxygen atoms in total. The fraction of sp³-hybridized carbons (Fsp3) is 0.143. The van der Waals surface area contributed by atoms with Crippen LogP contribution in [0.3, 0.4) is 0 Å². The lowest BCUT2D eigenvalue weighted by molar-refractivity contribution is 0.282. The topological polar surface area (TPSA) is 66.4 Å². The van der Waals surface area contributed by atoms with E-state index in [1.807, 2.05) is 19.1 Å². The summed E-state index contributed by atoms with van der Waals surface area (Å²) in [5.74, 6) is 0. The van der Waals surface area contributed by atoms with Gasteiger partial charge in [-0.25, -0.2) is 8.42 Å². The molecule has 0 aliphatic heterocycles. The highest BCUT2D eigenvalue weighted by Crippen LogP contribution is 2.27. The number of rotatable bonds is 4. The van der Waals surface area contributed by atoms with E-state index in [1.54, 1.807) is 6.07 Å². The van der Waals surface area contributed by atoms with Crippen molar-refractivity contribution in [2.45, 2.75) is 18.4 Å². The fourth-order valence-corrected chi connectivity index (χ4v) is 3.86. The van der Waals surface area contributed by atoms with Crippen LogP contribution < -0.4 is 4.72 Å². The number of hydrogen-bond acceptors (Lipinski definition) is 3. The Morgan fingerprint density at radius 2 is 1.95 bits per heavy atom. The van der Waals surface area contributed by atoms with Crippen LogP contribution in [0.1, 0.15) is 11.1 Å². The van der Waals surface area contributed by atoms with Gasteiger partial charge in [-0.3, -0.25) is 4.72 Å². The minimum absolute atomic E-state index is 0.0391. The van der Waals surface area contributed by atoms with E-state index in [4.69, 9.17) is 16.7 Å². The molecule has 0 atom stereocenters. The van der Waals surface area contributed by atoms with Crippen molar-refractivity contribution in [2.75, 3.05) is 4.72 Å². The summed E-state index contributed by atoms with van der Waals surface area (Å²) in [6.07, 6.45) is 0. The summed E-state index contributed by atoms with van der Waals surface area (Å²) in [6.45, 7) is 1.67. The molecule has 0 spiro atoms. The first-order chi connectivity index (χ1) is 9.83. The maximum Gasteiger partial charge on any atom is 0.261 e. The predicted octanol–water partition coefficient (Wildman–Crippen LogP) is 3.70. The number of aryl methyl sites for hydroxylation is 1. The van der Waals surface area contributed by atoms with Crippen molar-refractivity contribution in [3.05, 3.63) is 57.0 Å². The van der Waals surface area contributed by atoms with Gasteiger partial charge in [0.2, 0.25) is 0 Å². The second-order valence-electron chi connectivity index (χ2n) is 4.50. The molecule has 0 aliphatic carbocycles. The average molecular weight is 391 g/mol. The molecule has 0 heterocycles. The minimum Gasteiger partial charge on any atom is -0.392 e. The van der Waals surface area contributed by atoms with Crippen LogP contribution in [0.5, 0.6) is 0 Å². The third kappa shape index (κ3) is 3.77. The van der Waals surface area contributed by atoms with Crippen molar-refractivity contribution in [1.29, 1.82) is 0 Å². The third-order valence-electron chi connectivity index (χ3n) is 2.87. The number of sulfonamides is 1. The Bertz CT molecular complexity index is 778. The molecule has 0 bridgehead atoms. The van der Waals surface area contributed by atoms with Gasteiger partial charge in [-0.15, -0.1) is 0 Å². The monoisotopic (exact) mass is 389 g/mol. The molecule has 2 aromatic rings. The first-order valence-electron chi connectivity index (χ1n) is 6.02. The van der Waals surface area contributed by atoms with E-state index < -0.39 is 10.0 Å². The first-order valence-corrected chi connectivity index (χ1v) is 8.67. The SMILES string of the molecule is Cc1ccc(NS(=O)(=O)c2ccc(CO)c(Cl)c2)c(Br)c1. The Morgan fingerprint density at radius 3 is 2.52 bits per heavy atom. The largest absolute Gasteiger partial charge is 0.392 e. The molecule has 0 aromatic heterocycles. The molecule has 0 fully saturated rings. The number of anilines is 1. The van der Waals surface area contributed by atoms with E-state index in [9.17, 15) is 8.42 Å². The summed E-state index contributed by atoms with van der Waals surface area (Å²) >= 11 is 9.25. The first kappa shape index (κ1) is 16.3. The number of nitrogens with one attached hydrogen (secondary N) is 1. The van der Waals surface area contributed by atoms with Gasteiger partial charge >= 0.3 is 0 Å². The molecule has 2 aromatic carbocycles. The molecular formula is C14H13BrClNO3S. The van der Waals surface area contributed by atoms with Crippen molar-refractivity contribution in [3.8, 4) is 0 Å². The van der Waals surface area contributed by atoms with Crippen LogP contribution in [0.2, 0.25) is 5.02 Å². The van der Waals surface area contributed by atoms with E-state index in [-0.39, 0.29) is 16.5 Å². The van der Waals surface area contributed by atoms with Gasteiger partial charge in [-0.05, 0) is 58.2 Å². The zero-order valence-corrected chi connectivity index (χ0v) is 14.3. The molecule has 7 heteroatoms. The molecule has 0 aliphatic rings. The summed E-state index contributed by atoms with van der Waals surface area (Å²) < 4.78 is 27.8. The summed E-state index contributed by atoms with van der Waals surface area (Å²) in [5.41, 5.74) is 1.94. The Hall–Kier alpha value is -1.08. The maximum absolute atomic E-state index is 12.3. The highest BCUT2D eigenvalue weighted by Gasteiger charge is 2.17. The molecule has 0 saturated heterocycles. The van der Waals surface area contributed by atoms with Gasteiger partial charge < -0.3 is 5.11 Å². The van der Waals surface area contributed by atoms with E-state index in [0.29, 0.717) is 15.7 Å². The summed E-state index contributed by atoms with van der Waals surface area (Å²) in [6, 6.07) is 9.52. The van der Waals surface area contributed by atoms with E-state index >= 15 is 0 Å². The zero-order chi connectivity index (χ0) is 15.6.